The predicted octanol–water partition coefficient (Wildman–Crippen LogP) is -4.47. The van der Waals surface area contributed by atoms with Crippen LogP contribution in [0.4, 0.5) is 0 Å². The number of aliphatic hydroxyl groups is 6. The fourth-order valence-electron chi connectivity index (χ4n) is 0.671. The van der Waals surface area contributed by atoms with Crippen LogP contribution in [-0.2, 0) is 0 Å². The minimum Gasteiger partial charge on any atom is -0.438 e. The molecule has 0 unspecified atom stereocenters. The Morgan fingerprint density at radius 1 is 0.867 bits per heavy atom. The maximum absolute atomic E-state index is 8.96. The Kier molecular flexibility index (Phi) is 12.1. The zero-order chi connectivity index (χ0) is 12.4. The first-order valence-electron chi connectivity index (χ1n) is 4.51. The predicted molar refractivity (Wildman–Crippen MR) is 54.8 cm³/mol. The highest BCUT2D eigenvalue weighted by Crippen LogP contribution is 2.03. The molecule has 0 spiro atoms. The quantitative estimate of drug-likeness (QED) is 0.242. The van der Waals surface area contributed by atoms with Gasteiger partial charge in [0.1, 0.15) is 24.4 Å². The van der Waals surface area contributed by atoms with Gasteiger partial charge in [-0.05, 0) is 0 Å². The monoisotopic (exact) mass is 244 g/mol. The van der Waals surface area contributed by atoms with E-state index in [2.05, 4.69) is 0 Å². The largest absolute Gasteiger partial charge is 0.438 e. The van der Waals surface area contributed by atoms with Gasteiger partial charge in [0.15, 0.2) is 9.76 Å². The third-order valence-corrected chi connectivity index (χ3v) is 1.51. The van der Waals surface area contributed by atoms with E-state index in [1.807, 2.05) is 6.55 Å². The van der Waals surface area contributed by atoms with Crippen LogP contribution in [0.25, 0.3) is 0 Å². The molecule has 7 N–H and O–H groups in total. The van der Waals surface area contributed by atoms with E-state index in [9.17, 15) is 0 Å². The molecule has 0 radical (unpaired) electrons. The van der Waals surface area contributed by atoms with Crippen molar-refractivity contribution in [3.05, 3.63) is 0 Å². The maximum Gasteiger partial charge on any atom is 0.153 e. The van der Waals surface area contributed by atoms with Gasteiger partial charge in [0.2, 0.25) is 0 Å². The van der Waals surface area contributed by atoms with Crippen LogP contribution in [0.1, 0.15) is 0 Å². The van der Waals surface area contributed by atoms with Crippen molar-refractivity contribution in [2.75, 3.05) is 13.2 Å². The van der Waals surface area contributed by atoms with Crippen molar-refractivity contribution >= 4 is 9.76 Å². The summed E-state index contributed by atoms with van der Waals surface area (Å²) >= 11 is 0. The molecule has 0 bridgehead atoms. The summed E-state index contributed by atoms with van der Waals surface area (Å²) in [6.07, 6.45) is -6.39. The number of rotatable bonds is 5. The van der Waals surface area contributed by atoms with Gasteiger partial charge >= 0.3 is 0 Å². The summed E-state index contributed by atoms with van der Waals surface area (Å²) in [4.78, 5) is 7.71. The van der Waals surface area contributed by atoms with Gasteiger partial charge in [0.05, 0.1) is 13.2 Å². The molecule has 94 valence electrons. The van der Waals surface area contributed by atoms with E-state index < -0.39 is 47.4 Å². The van der Waals surface area contributed by atoms with Gasteiger partial charge in [0.25, 0.3) is 0 Å². The number of aliphatic hydroxyl groups excluding tert-OH is 6. The fourth-order valence-corrected chi connectivity index (χ4v) is 0.671. The number of hydrogen-bond acceptors (Lipinski definition) is 7. The zero-order valence-corrected chi connectivity index (χ0v) is 9.98. The first kappa shape index (κ1) is 17.3. The van der Waals surface area contributed by atoms with Gasteiger partial charge < -0.3 is 35.4 Å². The Morgan fingerprint density at radius 3 is 1.20 bits per heavy atom. The van der Waals surface area contributed by atoms with Crippen molar-refractivity contribution in [2.45, 2.75) is 31.0 Å². The molecule has 4 atom stereocenters. The average molecular weight is 244 g/mol. The van der Waals surface area contributed by atoms with Crippen LogP contribution >= 0.6 is 0 Å². The number of hydrogen-bond donors (Lipinski definition) is 7. The highest BCUT2D eigenvalue weighted by molar-refractivity contribution is 6.22. The summed E-state index contributed by atoms with van der Waals surface area (Å²) in [5.74, 6) is 0. The van der Waals surface area contributed by atoms with Crippen molar-refractivity contribution < 1.29 is 35.4 Å². The van der Waals surface area contributed by atoms with Crippen LogP contribution in [0.2, 0.25) is 6.55 Å². The molecule has 15 heavy (non-hydrogen) atoms. The van der Waals surface area contributed by atoms with Crippen LogP contribution in [0, 0.1) is 0 Å². The van der Waals surface area contributed by atoms with Crippen LogP contribution in [0.15, 0.2) is 0 Å². The van der Waals surface area contributed by atoms with Crippen molar-refractivity contribution in [2.24, 2.45) is 0 Å². The molecule has 8 heteroatoms. The lowest BCUT2D eigenvalue weighted by Gasteiger charge is -2.24. The Balaban J connectivity index is 0. The molecule has 0 saturated heterocycles. The lowest BCUT2D eigenvalue weighted by atomic mass is 10.0. The second-order valence-electron chi connectivity index (χ2n) is 2.80. The molecule has 0 rings (SSSR count). The minimum atomic E-state index is -1.67. The standard InChI is InChI=1S/C6H14O6.CH6OSi/c7-1-3(9)5(11)6(12)4(10)2-8;1-3-2/h3-12H,1-2H2;2H,3H2,1H3/t3-,4-,5-,6-;/m1./s1. The van der Waals surface area contributed by atoms with Gasteiger partial charge in [-0.25, -0.2) is 0 Å². The fraction of sp³-hybridized carbons (Fsp3) is 1.00. The average Bonchev–Trinajstić information content (AvgIpc) is 2.25. The Hall–Kier alpha value is -0.0631. The third kappa shape index (κ3) is 7.82. The molecule has 0 amide bonds. The van der Waals surface area contributed by atoms with Gasteiger partial charge in [-0.1, -0.05) is 6.55 Å². The summed E-state index contributed by atoms with van der Waals surface area (Å²) in [7, 11) is -0.583. The molecule has 7 nitrogen and oxygen atoms in total. The molecule has 0 aliphatic carbocycles. The van der Waals surface area contributed by atoms with Crippen molar-refractivity contribution in [3.8, 4) is 0 Å². The molecule has 0 aliphatic rings. The maximum atomic E-state index is 8.96. The van der Waals surface area contributed by atoms with E-state index >= 15 is 0 Å². The Labute approximate surface area is 90.2 Å². The Morgan fingerprint density at radius 2 is 1.07 bits per heavy atom. The van der Waals surface area contributed by atoms with Crippen LogP contribution in [-0.4, -0.2) is 82.8 Å². The van der Waals surface area contributed by atoms with Crippen LogP contribution in [0.5, 0.6) is 0 Å². The SMILES string of the molecule is C[SiH2]O.OC[C@@H](O)[C@@H](O)[C@H](O)[C@H](O)CO. The second-order valence-corrected chi connectivity index (χ2v) is 3.43. The van der Waals surface area contributed by atoms with E-state index in [4.69, 9.17) is 35.4 Å². The minimum absolute atomic E-state index is 0.583. The van der Waals surface area contributed by atoms with Gasteiger partial charge in [-0.15, -0.1) is 0 Å². The molecular weight excluding hydrogens is 224 g/mol. The lowest BCUT2D eigenvalue weighted by Crippen LogP contribution is -2.46. The van der Waals surface area contributed by atoms with Crippen LogP contribution in [0.3, 0.4) is 0 Å². The normalized spacial score (nSPS) is 19.2. The molecule has 0 saturated carbocycles. The molecular formula is C7H20O7Si. The van der Waals surface area contributed by atoms with Crippen molar-refractivity contribution in [1.82, 2.24) is 0 Å². The summed E-state index contributed by atoms with van der Waals surface area (Å²) in [5.41, 5.74) is 0. The smallest absolute Gasteiger partial charge is 0.153 e. The molecule has 0 aromatic carbocycles. The first-order chi connectivity index (χ1) is 6.95. The summed E-state index contributed by atoms with van der Waals surface area (Å²) in [6.45, 7) is 0.368. The van der Waals surface area contributed by atoms with Gasteiger partial charge in [0, 0.05) is 0 Å². The molecule has 0 fully saturated rings. The van der Waals surface area contributed by atoms with Crippen molar-refractivity contribution in [1.29, 1.82) is 0 Å². The van der Waals surface area contributed by atoms with E-state index in [1.54, 1.807) is 0 Å². The molecule has 0 aromatic heterocycles. The van der Waals surface area contributed by atoms with Gasteiger partial charge in [-0.3, -0.25) is 0 Å². The first-order valence-corrected chi connectivity index (χ1v) is 6.55. The summed E-state index contributed by atoms with van der Waals surface area (Å²) in [5, 5.41) is 52.2. The molecule has 0 heterocycles. The van der Waals surface area contributed by atoms with E-state index in [1.165, 1.54) is 0 Å². The lowest BCUT2D eigenvalue weighted by molar-refractivity contribution is -0.123. The van der Waals surface area contributed by atoms with E-state index in [0.717, 1.165) is 0 Å². The van der Waals surface area contributed by atoms with Crippen LogP contribution < -0.4 is 0 Å². The highest BCUT2D eigenvalue weighted by Gasteiger charge is 2.29. The zero-order valence-electron chi connectivity index (χ0n) is 8.56. The second kappa shape index (κ2) is 10.5. The summed E-state index contributed by atoms with van der Waals surface area (Å²) < 4.78 is 0. The van der Waals surface area contributed by atoms with E-state index in [0.29, 0.717) is 0 Å². The molecule has 0 aromatic rings. The third-order valence-electron chi connectivity index (χ3n) is 1.51. The summed E-state index contributed by atoms with van der Waals surface area (Å²) in [6, 6.07) is 0. The topological polar surface area (TPSA) is 142 Å². The highest BCUT2D eigenvalue weighted by atomic mass is 28.2. The van der Waals surface area contributed by atoms with Gasteiger partial charge in [-0.2, -0.15) is 0 Å². The molecule has 0 aliphatic heterocycles. The van der Waals surface area contributed by atoms with E-state index in [-0.39, 0.29) is 0 Å². The van der Waals surface area contributed by atoms with Crippen molar-refractivity contribution in [3.63, 3.8) is 0 Å². The Bertz CT molecular complexity index is 123.